The third-order valence-corrected chi connectivity index (χ3v) is 6.00. The number of aromatic nitrogens is 2. The quantitative estimate of drug-likeness (QED) is 0.178. The lowest BCUT2D eigenvalue weighted by Gasteiger charge is -2.19. The van der Waals surface area contributed by atoms with E-state index in [-0.39, 0.29) is 19.4 Å². The highest BCUT2D eigenvalue weighted by Crippen LogP contribution is 2.19. The average molecular weight is 477 g/mol. The number of rotatable bonds is 10. The van der Waals surface area contributed by atoms with Crippen LogP contribution in [0.25, 0.3) is 21.8 Å². The summed E-state index contributed by atoms with van der Waals surface area (Å²) in [5, 5.41) is 16.4. The van der Waals surface area contributed by atoms with Gasteiger partial charge in [-0.15, -0.1) is 0 Å². The van der Waals surface area contributed by atoms with E-state index in [1.807, 2.05) is 48.5 Å². The first-order valence-electron chi connectivity index (χ1n) is 11.3. The van der Waals surface area contributed by atoms with Crippen LogP contribution in [0.3, 0.4) is 0 Å². The van der Waals surface area contributed by atoms with Gasteiger partial charge in [0.15, 0.2) is 0 Å². The first kappa shape index (κ1) is 24.0. The van der Waals surface area contributed by atoms with Gasteiger partial charge in [0, 0.05) is 40.7 Å². The van der Waals surface area contributed by atoms with E-state index in [1.165, 1.54) is 0 Å². The van der Waals surface area contributed by atoms with Crippen LogP contribution in [0, 0.1) is 0 Å². The number of para-hydroxylation sites is 2. The van der Waals surface area contributed by atoms with Gasteiger partial charge >= 0.3 is 5.97 Å². The van der Waals surface area contributed by atoms with Crippen molar-refractivity contribution in [2.45, 2.75) is 31.0 Å². The maximum absolute atomic E-state index is 12.6. The molecule has 0 fully saturated rings. The molecule has 0 aliphatic heterocycles. The largest absolute Gasteiger partial charge is 0.480 e. The number of carboxylic acid groups (broad SMARTS) is 1. The molecular weight excluding hydrogens is 448 g/mol. The van der Waals surface area contributed by atoms with Gasteiger partial charge in [-0.3, -0.25) is 9.59 Å². The summed E-state index contributed by atoms with van der Waals surface area (Å²) in [7, 11) is 0. The lowest BCUT2D eigenvalue weighted by atomic mass is 10.0. The predicted octanol–water partition coefficient (Wildman–Crippen LogP) is 0.775. The summed E-state index contributed by atoms with van der Waals surface area (Å²) in [6.45, 7) is -0.318. The van der Waals surface area contributed by atoms with Crippen LogP contribution in [0.1, 0.15) is 11.1 Å². The summed E-state index contributed by atoms with van der Waals surface area (Å²) >= 11 is 0. The summed E-state index contributed by atoms with van der Waals surface area (Å²) in [5.41, 5.74) is 15.7. The minimum atomic E-state index is -1.35. The topological polar surface area (TPSA) is 179 Å². The van der Waals surface area contributed by atoms with Gasteiger partial charge in [-0.25, -0.2) is 4.79 Å². The van der Waals surface area contributed by atoms with Crippen molar-refractivity contribution in [3.63, 3.8) is 0 Å². The van der Waals surface area contributed by atoms with Gasteiger partial charge in [-0.1, -0.05) is 36.4 Å². The Morgan fingerprint density at radius 3 is 1.80 bits per heavy atom. The Balaban J connectivity index is 1.31. The highest BCUT2D eigenvalue weighted by molar-refractivity contribution is 5.90. The van der Waals surface area contributed by atoms with E-state index in [9.17, 15) is 19.5 Å². The molecule has 10 nitrogen and oxygen atoms in total. The second-order valence-electron chi connectivity index (χ2n) is 8.48. The Morgan fingerprint density at radius 1 is 0.800 bits per heavy atom. The number of aromatic amines is 2. The normalized spacial score (nSPS) is 13.9. The lowest BCUT2D eigenvalue weighted by molar-refractivity contribution is -0.142. The third kappa shape index (κ3) is 5.51. The molecule has 4 aromatic rings. The van der Waals surface area contributed by atoms with Crippen molar-refractivity contribution in [1.82, 2.24) is 20.6 Å². The standard InChI is InChI=1S/C25H28N6O4/c26-18(9-14-11-28-20-7-3-1-5-16(14)20)23(32)30-13-22(25(34)35)31-24(33)19(27)10-15-12-29-21-8-4-2-6-17(15)21/h1-8,11-12,18-19,22,28-29H,9-10,13,26-27H2,(H,30,32)(H,31,33)(H,34,35)/t18-,19-,22-/m0/s1. The number of nitrogens with one attached hydrogen (secondary N) is 4. The molecule has 0 spiro atoms. The molecule has 3 atom stereocenters. The SMILES string of the molecule is N[C@@H](Cc1c[nH]c2ccccc12)C(=O)NC[C@H](NC(=O)[C@@H](N)Cc1c[nH]c2ccccc12)C(=O)O. The molecule has 10 heteroatoms. The van der Waals surface area contributed by atoms with Crippen LogP contribution < -0.4 is 22.1 Å². The number of carboxylic acids is 1. The minimum Gasteiger partial charge on any atom is -0.480 e. The molecule has 2 amide bonds. The van der Waals surface area contributed by atoms with Crippen molar-refractivity contribution in [3.8, 4) is 0 Å². The Hall–Kier alpha value is -4.15. The first-order valence-corrected chi connectivity index (χ1v) is 11.3. The van der Waals surface area contributed by atoms with Crippen molar-refractivity contribution in [3.05, 3.63) is 72.1 Å². The van der Waals surface area contributed by atoms with Crippen LogP contribution in [-0.4, -0.2) is 57.5 Å². The van der Waals surface area contributed by atoms with Gasteiger partial charge in [0.1, 0.15) is 6.04 Å². The van der Waals surface area contributed by atoms with E-state index in [0.29, 0.717) is 0 Å². The Kier molecular flexibility index (Phi) is 7.14. The van der Waals surface area contributed by atoms with E-state index < -0.39 is 35.9 Å². The summed E-state index contributed by atoms with van der Waals surface area (Å²) in [6.07, 6.45) is 4.08. The van der Waals surface area contributed by atoms with Gasteiger partial charge in [0.25, 0.3) is 0 Å². The zero-order valence-electron chi connectivity index (χ0n) is 19.0. The zero-order chi connectivity index (χ0) is 24.9. The molecule has 182 valence electrons. The highest BCUT2D eigenvalue weighted by Gasteiger charge is 2.25. The van der Waals surface area contributed by atoms with Gasteiger partial charge in [0.05, 0.1) is 12.1 Å². The molecule has 9 N–H and O–H groups in total. The number of benzene rings is 2. The van der Waals surface area contributed by atoms with Crippen molar-refractivity contribution in [2.75, 3.05) is 6.54 Å². The van der Waals surface area contributed by atoms with E-state index >= 15 is 0 Å². The summed E-state index contributed by atoms with van der Waals surface area (Å²) in [5.74, 6) is -2.43. The summed E-state index contributed by atoms with van der Waals surface area (Å²) < 4.78 is 0. The van der Waals surface area contributed by atoms with E-state index in [0.717, 1.165) is 32.9 Å². The minimum absolute atomic E-state index is 0.226. The fourth-order valence-electron chi connectivity index (χ4n) is 4.07. The predicted molar refractivity (Wildman–Crippen MR) is 133 cm³/mol. The second kappa shape index (κ2) is 10.4. The number of carbonyl (C=O) groups is 3. The van der Waals surface area contributed by atoms with Gasteiger partial charge in [-0.2, -0.15) is 0 Å². The Bertz CT molecular complexity index is 1360. The number of nitrogens with two attached hydrogens (primary N) is 2. The van der Waals surface area contributed by atoms with Crippen molar-refractivity contribution < 1.29 is 19.5 Å². The second-order valence-corrected chi connectivity index (χ2v) is 8.48. The van der Waals surface area contributed by atoms with Crippen LogP contribution in [0.2, 0.25) is 0 Å². The number of aliphatic carboxylic acids is 1. The number of carbonyl (C=O) groups excluding carboxylic acids is 2. The van der Waals surface area contributed by atoms with Crippen LogP contribution in [0.5, 0.6) is 0 Å². The molecule has 0 saturated carbocycles. The summed E-state index contributed by atoms with van der Waals surface area (Å²) in [6, 6.07) is 12.1. The van der Waals surface area contributed by atoms with Crippen LogP contribution >= 0.6 is 0 Å². The van der Waals surface area contributed by atoms with Crippen LogP contribution in [0.15, 0.2) is 60.9 Å². The van der Waals surface area contributed by atoms with E-state index in [1.54, 1.807) is 12.4 Å². The maximum Gasteiger partial charge on any atom is 0.328 e. The fraction of sp³-hybridized carbons (Fsp3) is 0.240. The van der Waals surface area contributed by atoms with E-state index in [4.69, 9.17) is 11.5 Å². The molecule has 35 heavy (non-hydrogen) atoms. The highest BCUT2D eigenvalue weighted by atomic mass is 16.4. The Labute approximate surface area is 201 Å². The number of hydrogen-bond acceptors (Lipinski definition) is 5. The maximum atomic E-state index is 12.6. The molecule has 0 saturated heterocycles. The molecule has 2 aromatic carbocycles. The molecule has 0 radical (unpaired) electrons. The van der Waals surface area contributed by atoms with Gasteiger partial charge < -0.3 is 37.2 Å². The van der Waals surface area contributed by atoms with E-state index in [2.05, 4.69) is 20.6 Å². The zero-order valence-corrected chi connectivity index (χ0v) is 19.0. The number of fused-ring (bicyclic) bond motifs is 2. The number of H-pyrrole nitrogens is 2. The van der Waals surface area contributed by atoms with Crippen LogP contribution in [0.4, 0.5) is 0 Å². The third-order valence-electron chi connectivity index (χ3n) is 6.00. The molecule has 0 bridgehead atoms. The molecule has 0 aliphatic carbocycles. The number of amides is 2. The van der Waals surface area contributed by atoms with Crippen molar-refractivity contribution in [1.29, 1.82) is 0 Å². The molecule has 0 aliphatic rings. The lowest BCUT2D eigenvalue weighted by Crippen LogP contribution is -2.54. The molecular formula is C25H28N6O4. The molecule has 2 aromatic heterocycles. The van der Waals surface area contributed by atoms with Gasteiger partial charge in [0.2, 0.25) is 11.8 Å². The van der Waals surface area contributed by atoms with Crippen molar-refractivity contribution in [2.24, 2.45) is 11.5 Å². The fourth-order valence-corrected chi connectivity index (χ4v) is 4.07. The molecule has 2 heterocycles. The summed E-state index contributed by atoms with van der Waals surface area (Å²) in [4.78, 5) is 43.0. The number of hydrogen-bond donors (Lipinski definition) is 7. The Morgan fingerprint density at radius 2 is 1.29 bits per heavy atom. The van der Waals surface area contributed by atoms with Crippen LogP contribution in [-0.2, 0) is 27.2 Å². The smallest absolute Gasteiger partial charge is 0.328 e. The van der Waals surface area contributed by atoms with Gasteiger partial charge in [-0.05, 0) is 36.1 Å². The first-order chi connectivity index (χ1) is 16.8. The average Bonchev–Trinajstić information content (AvgIpc) is 3.45. The molecule has 4 rings (SSSR count). The van der Waals surface area contributed by atoms with Crippen molar-refractivity contribution >= 4 is 39.6 Å². The molecule has 0 unspecified atom stereocenters. The monoisotopic (exact) mass is 476 g/mol.